The number of hydrogen-bond acceptors (Lipinski definition) is 2. The Bertz CT molecular complexity index is 349. The average Bonchev–Trinajstić information content (AvgIpc) is 2.04. The average molecular weight is 175 g/mol. The van der Waals surface area contributed by atoms with Crippen molar-refractivity contribution in [3.05, 3.63) is 29.3 Å². The molecule has 0 aliphatic rings. The van der Waals surface area contributed by atoms with Gasteiger partial charge in [0.15, 0.2) is 0 Å². The van der Waals surface area contributed by atoms with E-state index in [-0.39, 0.29) is 0 Å². The van der Waals surface area contributed by atoms with Gasteiger partial charge in [-0.25, -0.2) is 4.79 Å². The minimum absolute atomic E-state index is 0.509. The maximum atomic E-state index is 10.0. The lowest BCUT2D eigenvalue weighted by Crippen LogP contribution is -1.90. The Labute approximate surface area is 78.3 Å². The number of carbonyl (C=O) groups excluding carboxylic acids is 1. The van der Waals surface area contributed by atoms with Crippen molar-refractivity contribution >= 4 is 11.8 Å². The number of isocyanates is 1. The minimum Gasteiger partial charge on any atom is -0.211 e. The summed E-state index contributed by atoms with van der Waals surface area (Å²) in [6, 6.07) is 5.75. The Hall–Kier alpha value is -1.40. The van der Waals surface area contributed by atoms with Crippen molar-refractivity contribution < 1.29 is 4.79 Å². The normalized spacial score (nSPS) is 9.85. The fourth-order valence-electron chi connectivity index (χ4n) is 1.43. The molecule has 0 aliphatic heterocycles. The van der Waals surface area contributed by atoms with Crippen LogP contribution in [0.2, 0.25) is 0 Å². The SMILES string of the molecule is Cc1cc(N=C=O)ccc1C(C)C. The van der Waals surface area contributed by atoms with Gasteiger partial charge >= 0.3 is 0 Å². The van der Waals surface area contributed by atoms with E-state index in [4.69, 9.17) is 0 Å². The molecule has 0 saturated carbocycles. The van der Waals surface area contributed by atoms with Gasteiger partial charge in [-0.15, -0.1) is 0 Å². The molecule has 0 heterocycles. The predicted molar refractivity (Wildman–Crippen MR) is 53.0 cm³/mol. The number of aliphatic imine (C=N–C) groups is 1. The molecular weight excluding hydrogens is 162 g/mol. The second kappa shape index (κ2) is 4.01. The van der Waals surface area contributed by atoms with E-state index in [1.54, 1.807) is 0 Å². The largest absolute Gasteiger partial charge is 0.240 e. The summed E-state index contributed by atoms with van der Waals surface area (Å²) in [6.07, 6.45) is 1.53. The molecule has 68 valence electrons. The summed E-state index contributed by atoms with van der Waals surface area (Å²) in [5.74, 6) is 0.509. The summed E-state index contributed by atoms with van der Waals surface area (Å²) in [5.41, 5.74) is 3.15. The summed E-state index contributed by atoms with van der Waals surface area (Å²) in [6.45, 7) is 6.31. The molecule has 0 radical (unpaired) electrons. The summed E-state index contributed by atoms with van der Waals surface area (Å²) < 4.78 is 0. The lowest BCUT2D eigenvalue weighted by molar-refractivity contribution is 0.565. The van der Waals surface area contributed by atoms with Crippen LogP contribution in [0.15, 0.2) is 23.2 Å². The topological polar surface area (TPSA) is 29.4 Å². The molecule has 0 spiro atoms. The second-order valence-corrected chi connectivity index (χ2v) is 3.40. The van der Waals surface area contributed by atoms with E-state index in [2.05, 4.69) is 18.8 Å². The number of nitrogens with zero attached hydrogens (tertiary/aromatic N) is 1. The van der Waals surface area contributed by atoms with E-state index in [1.807, 2.05) is 25.1 Å². The third-order valence-corrected chi connectivity index (χ3v) is 2.05. The molecule has 0 fully saturated rings. The molecule has 1 aromatic rings. The number of rotatable bonds is 2. The monoisotopic (exact) mass is 175 g/mol. The molecule has 0 aliphatic carbocycles. The Morgan fingerprint density at radius 3 is 2.54 bits per heavy atom. The highest BCUT2D eigenvalue weighted by atomic mass is 16.1. The first kappa shape index (κ1) is 9.69. The van der Waals surface area contributed by atoms with Crippen LogP contribution < -0.4 is 0 Å². The standard InChI is InChI=1S/C11H13NO/c1-8(2)11-5-4-10(12-7-13)6-9(11)3/h4-6,8H,1-3H3. The van der Waals surface area contributed by atoms with Gasteiger partial charge in [0.2, 0.25) is 6.08 Å². The summed E-state index contributed by atoms with van der Waals surface area (Å²) in [4.78, 5) is 13.6. The van der Waals surface area contributed by atoms with Crippen molar-refractivity contribution in [3.8, 4) is 0 Å². The Morgan fingerprint density at radius 1 is 1.38 bits per heavy atom. The first-order valence-electron chi connectivity index (χ1n) is 4.33. The van der Waals surface area contributed by atoms with Crippen molar-refractivity contribution in [1.29, 1.82) is 0 Å². The molecule has 0 bridgehead atoms. The van der Waals surface area contributed by atoms with Crippen LogP contribution in [0.3, 0.4) is 0 Å². The molecule has 0 amide bonds. The molecule has 0 atom stereocenters. The van der Waals surface area contributed by atoms with E-state index < -0.39 is 0 Å². The Balaban J connectivity index is 3.12. The Kier molecular flexibility index (Phi) is 2.99. The fourth-order valence-corrected chi connectivity index (χ4v) is 1.43. The van der Waals surface area contributed by atoms with Crippen molar-refractivity contribution in [2.75, 3.05) is 0 Å². The first-order valence-corrected chi connectivity index (χ1v) is 4.33. The molecule has 0 aromatic heterocycles. The van der Waals surface area contributed by atoms with Gasteiger partial charge in [-0.2, -0.15) is 4.99 Å². The lowest BCUT2D eigenvalue weighted by atomic mass is 9.98. The van der Waals surface area contributed by atoms with Gasteiger partial charge in [0.05, 0.1) is 5.69 Å². The van der Waals surface area contributed by atoms with Gasteiger partial charge in [0.25, 0.3) is 0 Å². The smallest absolute Gasteiger partial charge is 0.211 e. The fraction of sp³-hybridized carbons (Fsp3) is 0.364. The van der Waals surface area contributed by atoms with Gasteiger partial charge in [0.1, 0.15) is 0 Å². The quantitative estimate of drug-likeness (QED) is 0.501. The zero-order valence-corrected chi connectivity index (χ0v) is 8.16. The highest BCUT2D eigenvalue weighted by Crippen LogP contribution is 2.23. The zero-order chi connectivity index (χ0) is 9.84. The third kappa shape index (κ3) is 2.27. The van der Waals surface area contributed by atoms with Crippen molar-refractivity contribution in [2.24, 2.45) is 4.99 Å². The van der Waals surface area contributed by atoms with Gasteiger partial charge in [-0.1, -0.05) is 19.9 Å². The number of hydrogen-bond donors (Lipinski definition) is 0. The molecule has 0 unspecified atom stereocenters. The highest BCUT2D eigenvalue weighted by Gasteiger charge is 2.02. The van der Waals surface area contributed by atoms with Gasteiger partial charge < -0.3 is 0 Å². The van der Waals surface area contributed by atoms with E-state index in [9.17, 15) is 4.79 Å². The molecule has 0 saturated heterocycles. The van der Waals surface area contributed by atoms with Crippen molar-refractivity contribution in [2.45, 2.75) is 26.7 Å². The molecule has 1 rings (SSSR count). The summed E-state index contributed by atoms with van der Waals surface area (Å²) in [7, 11) is 0. The lowest BCUT2D eigenvalue weighted by Gasteiger charge is -2.08. The van der Waals surface area contributed by atoms with Gasteiger partial charge in [-0.3, -0.25) is 0 Å². The molecular formula is C11H13NO. The van der Waals surface area contributed by atoms with Gasteiger partial charge in [-0.05, 0) is 36.1 Å². The number of aryl methyl sites for hydroxylation is 1. The van der Waals surface area contributed by atoms with Crippen LogP contribution in [0.1, 0.15) is 30.9 Å². The summed E-state index contributed by atoms with van der Waals surface area (Å²) in [5, 5.41) is 0. The van der Waals surface area contributed by atoms with Crippen molar-refractivity contribution in [3.63, 3.8) is 0 Å². The predicted octanol–water partition coefficient (Wildman–Crippen LogP) is 3.09. The van der Waals surface area contributed by atoms with Crippen LogP contribution >= 0.6 is 0 Å². The van der Waals surface area contributed by atoms with Crippen LogP contribution in [0.5, 0.6) is 0 Å². The molecule has 1 aromatic carbocycles. The van der Waals surface area contributed by atoms with Crippen molar-refractivity contribution in [1.82, 2.24) is 0 Å². The van der Waals surface area contributed by atoms with Gasteiger partial charge in [0, 0.05) is 0 Å². The van der Waals surface area contributed by atoms with Crippen LogP contribution in [0.25, 0.3) is 0 Å². The van der Waals surface area contributed by atoms with E-state index in [0.29, 0.717) is 11.6 Å². The first-order chi connectivity index (χ1) is 6.15. The van der Waals surface area contributed by atoms with E-state index in [0.717, 1.165) is 0 Å². The molecule has 2 nitrogen and oxygen atoms in total. The maximum absolute atomic E-state index is 10.0. The molecule has 2 heteroatoms. The third-order valence-electron chi connectivity index (χ3n) is 2.05. The van der Waals surface area contributed by atoms with Crippen LogP contribution in [-0.2, 0) is 4.79 Å². The highest BCUT2D eigenvalue weighted by molar-refractivity contribution is 5.51. The Morgan fingerprint density at radius 2 is 2.08 bits per heavy atom. The second-order valence-electron chi connectivity index (χ2n) is 3.40. The number of benzene rings is 1. The van der Waals surface area contributed by atoms with Crippen LogP contribution in [0.4, 0.5) is 5.69 Å². The minimum atomic E-state index is 0.509. The van der Waals surface area contributed by atoms with Crippen LogP contribution in [0, 0.1) is 6.92 Å². The maximum Gasteiger partial charge on any atom is 0.240 e. The molecule has 0 N–H and O–H groups in total. The van der Waals surface area contributed by atoms with E-state index >= 15 is 0 Å². The van der Waals surface area contributed by atoms with E-state index in [1.165, 1.54) is 17.2 Å². The summed E-state index contributed by atoms with van der Waals surface area (Å²) >= 11 is 0. The molecule has 13 heavy (non-hydrogen) atoms. The van der Waals surface area contributed by atoms with Crippen LogP contribution in [-0.4, -0.2) is 6.08 Å². The zero-order valence-electron chi connectivity index (χ0n) is 8.16.